The number of fused-ring (bicyclic) bond motifs is 1. The number of carbonyl (C=O) groups is 1. The van der Waals surface area contributed by atoms with Gasteiger partial charge in [-0.1, -0.05) is 6.07 Å². The van der Waals surface area contributed by atoms with E-state index in [9.17, 15) is 4.79 Å². The standard InChI is InChI=1S/C16H17N5OS/c1-23-11-7-13(18-16(22)12-5-8-17-9-6-12)15-20-19-14-4-2-3-10-21(14)15/h2-6,8-10,13H,7,11H2,1H3,(H,18,22). The number of nitrogens with one attached hydrogen (secondary N) is 1. The van der Waals surface area contributed by atoms with E-state index in [1.54, 1.807) is 36.3 Å². The van der Waals surface area contributed by atoms with Crippen molar-refractivity contribution in [3.8, 4) is 0 Å². The second kappa shape index (κ2) is 7.23. The molecule has 118 valence electrons. The first-order valence-electron chi connectivity index (χ1n) is 7.29. The van der Waals surface area contributed by atoms with Gasteiger partial charge >= 0.3 is 0 Å². The predicted octanol–water partition coefficient (Wildman–Crippen LogP) is 2.35. The smallest absolute Gasteiger partial charge is 0.251 e. The lowest BCUT2D eigenvalue weighted by molar-refractivity contribution is 0.0933. The van der Waals surface area contributed by atoms with Crippen LogP contribution in [-0.2, 0) is 0 Å². The van der Waals surface area contributed by atoms with Crippen LogP contribution in [0.1, 0.15) is 28.6 Å². The van der Waals surface area contributed by atoms with E-state index in [4.69, 9.17) is 0 Å². The van der Waals surface area contributed by atoms with E-state index < -0.39 is 0 Å². The molecule has 23 heavy (non-hydrogen) atoms. The van der Waals surface area contributed by atoms with Gasteiger partial charge in [0.1, 0.15) is 0 Å². The van der Waals surface area contributed by atoms with Crippen LogP contribution < -0.4 is 5.32 Å². The number of rotatable bonds is 6. The first-order chi connectivity index (χ1) is 11.3. The Balaban J connectivity index is 1.87. The minimum Gasteiger partial charge on any atom is -0.342 e. The predicted molar refractivity (Wildman–Crippen MR) is 90.4 cm³/mol. The van der Waals surface area contributed by atoms with E-state index >= 15 is 0 Å². The fourth-order valence-electron chi connectivity index (χ4n) is 2.34. The number of amides is 1. The molecule has 0 radical (unpaired) electrons. The molecule has 0 saturated carbocycles. The molecule has 0 spiro atoms. The zero-order valence-corrected chi connectivity index (χ0v) is 13.5. The minimum absolute atomic E-state index is 0.133. The molecule has 0 aliphatic heterocycles. The quantitative estimate of drug-likeness (QED) is 0.752. The van der Waals surface area contributed by atoms with Crippen molar-refractivity contribution < 1.29 is 4.79 Å². The van der Waals surface area contributed by atoms with E-state index in [1.165, 1.54) is 0 Å². The number of aromatic nitrogens is 4. The zero-order chi connectivity index (χ0) is 16.1. The fraction of sp³-hybridized carbons (Fsp3) is 0.250. The lowest BCUT2D eigenvalue weighted by Crippen LogP contribution is -2.30. The van der Waals surface area contributed by atoms with Crippen LogP contribution in [0.4, 0.5) is 0 Å². The van der Waals surface area contributed by atoms with Crippen LogP contribution in [0.2, 0.25) is 0 Å². The van der Waals surface area contributed by atoms with Crippen molar-refractivity contribution in [2.24, 2.45) is 0 Å². The highest BCUT2D eigenvalue weighted by atomic mass is 32.2. The van der Waals surface area contributed by atoms with Crippen molar-refractivity contribution in [1.82, 2.24) is 24.9 Å². The summed E-state index contributed by atoms with van der Waals surface area (Å²) in [6.45, 7) is 0. The lowest BCUT2D eigenvalue weighted by Gasteiger charge is -2.17. The molecule has 0 saturated heterocycles. The summed E-state index contributed by atoms with van der Waals surface area (Å²) in [5.41, 5.74) is 1.36. The van der Waals surface area contributed by atoms with Crippen molar-refractivity contribution in [2.75, 3.05) is 12.0 Å². The summed E-state index contributed by atoms with van der Waals surface area (Å²) in [5, 5.41) is 11.5. The fourth-order valence-corrected chi connectivity index (χ4v) is 2.82. The molecule has 0 fully saturated rings. The highest BCUT2D eigenvalue weighted by molar-refractivity contribution is 7.98. The molecule has 3 aromatic heterocycles. The third-order valence-electron chi connectivity index (χ3n) is 3.51. The number of nitrogens with zero attached hydrogens (tertiary/aromatic N) is 4. The second-order valence-electron chi connectivity index (χ2n) is 5.03. The van der Waals surface area contributed by atoms with Crippen LogP contribution in [0.5, 0.6) is 0 Å². The minimum atomic E-state index is -0.194. The maximum atomic E-state index is 12.4. The Kier molecular flexibility index (Phi) is 4.87. The Labute approximate surface area is 138 Å². The molecular formula is C16H17N5OS. The summed E-state index contributed by atoms with van der Waals surface area (Å²) < 4.78 is 1.91. The Bertz CT molecular complexity index is 789. The van der Waals surface area contributed by atoms with Gasteiger partial charge in [-0.25, -0.2) is 0 Å². The summed E-state index contributed by atoms with van der Waals surface area (Å²) in [5.74, 6) is 1.53. The van der Waals surface area contributed by atoms with Crippen molar-refractivity contribution in [3.05, 3.63) is 60.3 Å². The number of hydrogen-bond donors (Lipinski definition) is 1. The number of carbonyl (C=O) groups excluding carboxylic acids is 1. The third-order valence-corrected chi connectivity index (χ3v) is 4.15. The molecule has 3 rings (SSSR count). The third kappa shape index (κ3) is 3.50. The average Bonchev–Trinajstić information content (AvgIpc) is 3.03. The first-order valence-corrected chi connectivity index (χ1v) is 8.68. The SMILES string of the molecule is CSCCC(NC(=O)c1ccncc1)c1nnc2ccccn12. The van der Waals surface area contributed by atoms with Crippen LogP contribution in [0.3, 0.4) is 0 Å². The monoisotopic (exact) mass is 327 g/mol. The van der Waals surface area contributed by atoms with Gasteiger partial charge < -0.3 is 5.32 Å². The van der Waals surface area contributed by atoms with Gasteiger partial charge in [0.15, 0.2) is 11.5 Å². The van der Waals surface area contributed by atoms with E-state index in [0.717, 1.165) is 23.6 Å². The summed E-state index contributed by atoms with van der Waals surface area (Å²) in [6.07, 6.45) is 7.96. The van der Waals surface area contributed by atoms with Gasteiger partial charge in [-0.3, -0.25) is 14.2 Å². The van der Waals surface area contributed by atoms with Gasteiger partial charge in [-0.15, -0.1) is 10.2 Å². The largest absolute Gasteiger partial charge is 0.342 e. The van der Waals surface area contributed by atoms with Crippen molar-refractivity contribution in [1.29, 1.82) is 0 Å². The summed E-state index contributed by atoms with van der Waals surface area (Å²) >= 11 is 1.74. The van der Waals surface area contributed by atoms with Gasteiger partial charge in [0.25, 0.3) is 5.91 Å². The first kappa shape index (κ1) is 15.5. The second-order valence-corrected chi connectivity index (χ2v) is 6.02. The molecule has 1 N–H and O–H groups in total. The molecule has 3 heterocycles. The molecule has 7 heteroatoms. The highest BCUT2D eigenvalue weighted by Gasteiger charge is 2.20. The Morgan fingerprint density at radius 2 is 2.09 bits per heavy atom. The van der Waals surface area contributed by atoms with Gasteiger partial charge in [-0.05, 0) is 42.7 Å². The van der Waals surface area contributed by atoms with Crippen LogP contribution in [0.25, 0.3) is 5.65 Å². The Morgan fingerprint density at radius 1 is 1.26 bits per heavy atom. The molecule has 1 unspecified atom stereocenters. The van der Waals surface area contributed by atoms with Crippen molar-refractivity contribution in [3.63, 3.8) is 0 Å². The molecule has 6 nitrogen and oxygen atoms in total. The van der Waals surface area contributed by atoms with Crippen LogP contribution >= 0.6 is 11.8 Å². The highest BCUT2D eigenvalue weighted by Crippen LogP contribution is 2.18. The van der Waals surface area contributed by atoms with Gasteiger partial charge in [0, 0.05) is 24.2 Å². The molecule has 1 atom stereocenters. The molecule has 0 bridgehead atoms. The van der Waals surface area contributed by atoms with Gasteiger partial charge in [0.05, 0.1) is 6.04 Å². The number of thioether (sulfide) groups is 1. The van der Waals surface area contributed by atoms with E-state index in [0.29, 0.717) is 5.56 Å². The molecule has 0 aliphatic carbocycles. The Hall–Kier alpha value is -2.41. The van der Waals surface area contributed by atoms with Crippen LogP contribution in [0, 0.1) is 0 Å². The summed E-state index contributed by atoms with van der Waals surface area (Å²) in [6, 6.07) is 8.94. The summed E-state index contributed by atoms with van der Waals surface area (Å²) in [7, 11) is 0. The topological polar surface area (TPSA) is 72.2 Å². The Morgan fingerprint density at radius 3 is 2.87 bits per heavy atom. The average molecular weight is 327 g/mol. The number of hydrogen-bond acceptors (Lipinski definition) is 5. The molecule has 0 aliphatic rings. The van der Waals surface area contributed by atoms with E-state index in [2.05, 4.69) is 20.5 Å². The molecule has 0 aromatic carbocycles. The van der Waals surface area contributed by atoms with Gasteiger partial charge in [-0.2, -0.15) is 11.8 Å². The van der Waals surface area contributed by atoms with Crippen molar-refractivity contribution >= 4 is 23.3 Å². The van der Waals surface area contributed by atoms with E-state index in [-0.39, 0.29) is 11.9 Å². The van der Waals surface area contributed by atoms with E-state index in [1.807, 2.05) is 35.1 Å². The molecule has 3 aromatic rings. The van der Waals surface area contributed by atoms with Crippen molar-refractivity contribution in [2.45, 2.75) is 12.5 Å². The molecular weight excluding hydrogens is 310 g/mol. The zero-order valence-electron chi connectivity index (χ0n) is 12.7. The lowest BCUT2D eigenvalue weighted by atomic mass is 10.1. The van der Waals surface area contributed by atoms with Crippen LogP contribution in [0.15, 0.2) is 48.9 Å². The van der Waals surface area contributed by atoms with Gasteiger partial charge in [0.2, 0.25) is 0 Å². The normalized spacial score (nSPS) is 12.2. The molecule has 1 amide bonds. The maximum absolute atomic E-state index is 12.4. The summed E-state index contributed by atoms with van der Waals surface area (Å²) in [4.78, 5) is 16.4. The maximum Gasteiger partial charge on any atom is 0.251 e. The number of pyridine rings is 2. The van der Waals surface area contributed by atoms with Crippen LogP contribution in [-0.4, -0.2) is 37.5 Å².